The highest BCUT2D eigenvalue weighted by Crippen LogP contribution is 2.39. The number of hydrogen-bond donors (Lipinski definition) is 1. The van der Waals surface area contributed by atoms with E-state index < -0.39 is 0 Å². The van der Waals surface area contributed by atoms with Crippen LogP contribution in [0.4, 0.5) is 0 Å². The smallest absolute Gasteiger partial charge is 0.306 e. The zero-order valence-electron chi connectivity index (χ0n) is 10.7. The van der Waals surface area contributed by atoms with Gasteiger partial charge in [0.2, 0.25) is 0 Å². The predicted octanol–water partition coefficient (Wildman–Crippen LogP) is 1.63. The number of carbonyl (C=O) groups is 1. The van der Waals surface area contributed by atoms with Crippen LogP contribution in [0, 0.1) is 0 Å². The SMILES string of the molecule is COC(=O)CCNC1CCOC2(CCCC2)C1. The summed E-state index contributed by atoms with van der Waals surface area (Å²) in [5.41, 5.74) is 0.154. The van der Waals surface area contributed by atoms with Gasteiger partial charge >= 0.3 is 5.97 Å². The number of methoxy groups -OCH3 is 1. The van der Waals surface area contributed by atoms with Crippen LogP contribution < -0.4 is 5.32 Å². The van der Waals surface area contributed by atoms with Crippen molar-refractivity contribution in [1.29, 1.82) is 0 Å². The Morgan fingerprint density at radius 3 is 2.94 bits per heavy atom. The number of nitrogens with one attached hydrogen (secondary N) is 1. The largest absolute Gasteiger partial charge is 0.469 e. The summed E-state index contributed by atoms with van der Waals surface area (Å²) in [6.07, 6.45) is 7.64. The van der Waals surface area contributed by atoms with Gasteiger partial charge in [-0.3, -0.25) is 4.79 Å². The van der Waals surface area contributed by atoms with Crippen molar-refractivity contribution < 1.29 is 14.3 Å². The molecule has 4 heteroatoms. The molecule has 1 saturated carbocycles. The highest BCUT2D eigenvalue weighted by atomic mass is 16.5. The molecule has 0 aromatic heterocycles. The van der Waals surface area contributed by atoms with Gasteiger partial charge in [-0.2, -0.15) is 0 Å². The summed E-state index contributed by atoms with van der Waals surface area (Å²) in [4.78, 5) is 11.0. The topological polar surface area (TPSA) is 47.6 Å². The number of rotatable bonds is 4. The standard InChI is InChI=1S/C13H23NO3/c1-16-12(15)4-8-14-11-5-9-17-13(10-11)6-2-3-7-13/h11,14H,2-10H2,1H3. The summed E-state index contributed by atoms with van der Waals surface area (Å²) < 4.78 is 10.6. The number of hydrogen-bond acceptors (Lipinski definition) is 4. The third kappa shape index (κ3) is 3.42. The van der Waals surface area contributed by atoms with Crippen molar-refractivity contribution in [1.82, 2.24) is 5.32 Å². The third-order valence-corrected chi connectivity index (χ3v) is 4.00. The van der Waals surface area contributed by atoms with Crippen LogP contribution in [0.2, 0.25) is 0 Å². The van der Waals surface area contributed by atoms with Crippen molar-refractivity contribution in [2.45, 2.75) is 56.6 Å². The maximum Gasteiger partial charge on any atom is 0.306 e. The molecule has 1 aliphatic heterocycles. The average Bonchev–Trinajstić information content (AvgIpc) is 2.77. The lowest BCUT2D eigenvalue weighted by molar-refractivity contribution is -0.140. The summed E-state index contributed by atoms with van der Waals surface area (Å²) in [7, 11) is 1.43. The highest BCUT2D eigenvalue weighted by molar-refractivity contribution is 5.69. The lowest BCUT2D eigenvalue weighted by atomic mass is 9.89. The van der Waals surface area contributed by atoms with Gasteiger partial charge in [0.15, 0.2) is 0 Å². The van der Waals surface area contributed by atoms with Crippen LogP contribution in [0.25, 0.3) is 0 Å². The van der Waals surface area contributed by atoms with Gasteiger partial charge in [-0.05, 0) is 25.7 Å². The van der Waals surface area contributed by atoms with Crippen molar-refractivity contribution in [3.05, 3.63) is 0 Å². The van der Waals surface area contributed by atoms with Gasteiger partial charge in [0.1, 0.15) is 0 Å². The minimum Gasteiger partial charge on any atom is -0.469 e. The molecule has 4 nitrogen and oxygen atoms in total. The molecule has 1 aliphatic carbocycles. The van der Waals surface area contributed by atoms with Crippen LogP contribution >= 0.6 is 0 Å². The molecule has 98 valence electrons. The molecular formula is C13H23NO3. The molecule has 1 atom stereocenters. The fraction of sp³-hybridized carbons (Fsp3) is 0.923. The van der Waals surface area contributed by atoms with E-state index in [0.717, 1.165) is 19.4 Å². The molecule has 1 unspecified atom stereocenters. The van der Waals surface area contributed by atoms with E-state index in [-0.39, 0.29) is 11.6 Å². The van der Waals surface area contributed by atoms with Crippen molar-refractivity contribution in [2.24, 2.45) is 0 Å². The summed E-state index contributed by atoms with van der Waals surface area (Å²) in [5, 5.41) is 3.46. The zero-order chi connectivity index (χ0) is 12.1. The molecule has 17 heavy (non-hydrogen) atoms. The molecule has 0 aromatic rings. The Bertz CT molecular complexity index is 261. The minimum atomic E-state index is -0.139. The molecule has 0 bridgehead atoms. The second-order valence-electron chi connectivity index (χ2n) is 5.21. The van der Waals surface area contributed by atoms with Gasteiger partial charge in [0.25, 0.3) is 0 Å². The molecular weight excluding hydrogens is 218 g/mol. The monoisotopic (exact) mass is 241 g/mol. The maximum absolute atomic E-state index is 11.0. The lowest BCUT2D eigenvalue weighted by Gasteiger charge is -2.38. The van der Waals surface area contributed by atoms with Gasteiger partial charge in [-0.15, -0.1) is 0 Å². The second-order valence-corrected chi connectivity index (χ2v) is 5.21. The summed E-state index contributed by atoms with van der Waals surface area (Å²) in [6.45, 7) is 1.57. The Hall–Kier alpha value is -0.610. The Balaban J connectivity index is 1.72. The normalized spacial score (nSPS) is 27.2. The summed E-state index contributed by atoms with van der Waals surface area (Å²) >= 11 is 0. The molecule has 0 amide bonds. The maximum atomic E-state index is 11.0. The van der Waals surface area contributed by atoms with Gasteiger partial charge < -0.3 is 14.8 Å². The second kappa shape index (κ2) is 5.83. The summed E-state index contributed by atoms with van der Waals surface area (Å²) in [6, 6.07) is 0.506. The Morgan fingerprint density at radius 2 is 2.24 bits per heavy atom. The molecule has 1 saturated heterocycles. The van der Waals surface area contributed by atoms with Gasteiger partial charge in [0.05, 0.1) is 19.1 Å². The van der Waals surface area contributed by atoms with Crippen molar-refractivity contribution in [2.75, 3.05) is 20.3 Å². The summed E-state index contributed by atoms with van der Waals surface area (Å²) in [5.74, 6) is -0.139. The number of carbonyl (C=O) groups excluding carboxylic acids is 1. The van der Waals surface area contributed by atoms with Crippen LogP contribution in [0.3, 0.4) is 0 Å². The first-order valence-electron chi connectivity index (χ1n) is 6.68. The molecule has 1 heterocycles. The Labute approximate surface area is 103 Å². The predicted molar refractivity (Wildman–Crippen MR) is 64.8 cm³/mol. The molecule has 2 rings (SSSR count). The van der Waals surface area contributed by atoms with Crippen molar-refractivity contribution in [3.63, 3.8) is 0 Å². The molecule has 0 aromatic carbocycles. The lowest BCUT2D eigenvalue weighted by Crippen LogP contribution is -2.46. The quantitative estimate of drug-likeness (QED) is 0.760. The molecule has 1 N–H and O–H groups in total. The number of esters is 1. The molecule has 2 aliphatic rings. The Morgan fingerprint density at radius 1 is 1.47 bits per heavy atom. The van der Waals surface area contributed by atoms with Gasteiger partial charge in [-0.25, -0.2) is 0 Å². The van der Waals surface area contributed by atoms with Crippen molar-refractivity contribution in [3.8, 4) is 0 Å². The van der Waals surface area contributed by atoms with E-state index in [1.165, 1.54) is 32.8 Å². The van der Waals surface area contributed by atoms with E-state index >= 15 is 0 Å². The van der Waals surface area contributed by atoms with E-state index in [9.17, 15) is 4.79 Å². The van der Waals surface area contributed by atoms with Gasteiger partial charge in [0, 0.05) is 19.2 Å². The van der Waals surface area contributed by atoms with Gasteiger partial charge in [-0.1, -0.05) is 12.8 Å². The first-order chi connectivity index (χ1) is 8.24. The molecule has 0 radical (unpaired) electrons. The Kier molecular flexibility index (Phi) is 4.40. The van der Waals surface area contributed by atoms with E-state index in [1.54, 1.807) is 0 Å². The molecule has 1 spiro atoms. The zero-order valence-corrected chi connectivity index (χ0v) is 10.7. The van der Waals surface area contributed by atoms with E-state index in [1.807, 2.05) is 0 Å². The highest BCUT2D eigenvalue weighted by Gasteiger charge is 2.39. The van der Waals surface area contributed by atoms with E-state index in [0.29, 0.717) is 19.0 Å². The minimum absolute atomic E-state index is 0.139. The van der Waals surface area contributed by atoms with Crippen LogP contribution in [0.1, 0.15) is 44.9 Å². The van der Waals surface area contributed by atoms with E-state index in [2.05, 4.69) is 10.1 Å². The fourth-order valence-corrected chi connectivity index (χ4v) is 3.05. The third-order valence-electron chi connectivity index (χ3n) is 4.00. The fourth-order valence-electron chi connectivity index (χ4n) is 3.05. The van der Waals surface area contributed by atoms with Crippen LogP contribution in [0.15, 0.2) is 0 Å². The first kappa shape index (κ1) is 12.8. The van der Waals surface area contributed by atoms with Crippen LogP contribution in [0.5, 0.6) is 0 Å². The number of ether oxygens (including phenoxy) is 2. The van der Waals surface area contributed by atoms with Crippen LogP contribution in [-0.2, 0) is 14.3 Å². The van der Waals surface area contributed by atoms with Crippen LogP contribution in [-0.4, -0.2) is 37.9 Å². The van der Waals surface area contributed by atoms with E-state index in [4.69, 9.17) is 4.74 Å². The average molecular weight is 241 g/mol. The molecule has 2 fully saturated rings. The first-order valence-corrected chi connectivity index (χ1v) is 6.68. The van der Waals surface area contributed by atoms with Crippen molar-refractivity contribution >= 4 is 5.97 Å².